The highest BCUT2D eigenvalue weighted by atomic mass is 16.5. The van der Waals surface area contributed by atoms with E-state index in [0.717, 1.165) is 49.4 Å². The number of aliphatic hydroxyl groups is 1. The zero-order valence-electron chi connectivity index (χ0n) is 19.9. The molecule has 0 spiro atoms. The van der Waals surface area contributed by atoms with Crippen LogP contribution in [0.25, 0.3) is 0 Å². The van der Waals surface area contributed by atoms with E-state index in [1.807, 2.05) is 35.2 Å². The molecule has 1 fully saturated rings. The largest absolute Gasteiger partial charge is 0.493 e. The first-order valence-electron chi connectivity index (χ1n) is 11.8. The summed E-state index contributed by atoms with van der Waals surface area (Å²) in [6.07, 6.45) is 1.29. The second-order valence-corrected chi connectivity index (χ2v) is 8.65. The second kappa shape index (κ2) is 10.4. The Morgan fingerprint density at radius 1 is 1.03 bits per heavy atom. The molecule has 0 aromatic heterocycles. The number of hydrogen-bond acceptors (Lipinski definition) is 6. The zero-order chi connectivity index (χ0) is 23.4. The first-order chi connectivity index (χ1) is 16.1. The molecule has 1 N–H and O–H groups in total. The number of methoxy groups -OCH3 is 2. The Morgan fingerprint density at radius 3 is 2.45 bits per heavy atom. The van der Waals surface area contributed by atoms with Crippen LogP contribution in [0.2, 0.25) is 0 Å². The van der Waals surface area contributed by atoms with E-state index in [-0.39, 0.29) is 18.6 Å². The minimum Gasteiger partial charge on any atom is -0.493 e. The van der Waals surface area contributed by atoms with Gasteiger partial charge in [0, 0.05) is 56.1 Å². The molecule has 1 amide bonds. The van der Waals surface area contributed by atoms with Gasteiger partial charge in [0.1, 0.15) is 0 Å². The van der Waals surface area contributed by atoms with Crippen LogP contribution in [0.1, 0.15) is 47.3 Å². The normalized spacial score (nSPS) is 17.3. The predicted molar refractivity (Wildman–Crippen MR) is 129 cm³/mol. The molecule has 1 saturated heterocycles. The number of likely N-dealkylation sites (N-methyl/N-ethyl adjacent to an activating group) is 1. The highest BCUT2D eigenvalue weighted by Crippen LogP contribution is 2.40. The van der Waals surface area contributed by atoms with Crippen LogP contribution in [0.5, 0.6) is 11.5 Å². The topological polar surface area (TPSA) is 65.5 Å². The fourth-order valence-corrected chi connectivity index (χ4v) is 5.04. The SMILES string of the molecule is CCN1CCN(c2cccc3c2CN([C@H](CCCO)c2ccc(OC)c(OC)c2)C3=O)CC1. The minimum atomic E-state index is -0.151. The maximum atomic E-state index is 13.6. The summed E-state index contributed by atoms with van der Waals surface area (Å²) in [5.74, 6) is 1.35. The number of nitrogens with zero attached hydrogens (tertiary/aromatic N) is 3. The van der Waals surface area contributed by atoms with Crippen LogP contribution in [0, 0.1) is 0 Å². The number of carbonyl (C=O) groups excluding carboxylic acids is 1. The third-order valence-corrected chi connectivity index (χ3v) is 6.94. The summed E-state index contributed by atoms with van der Waals surface area (Å²) in [6, 6.07) is 11.8. The van der Waals surface area contributed by atoms with Crippen molar-refractivity contribution in [2.24, 2.45) is 0 Å². The van der Waals surface area contributed by atoms with Crippen molar-refractivity contribution in [3.05, 3.63) is 53.1 Å². The van der Waals surface area contributed by atoms with Crippen LogP contribution >= 0.6 is 0 Å². The van der Waals surface area contributed by atoms with E-state index in [0.29, 0.717) is 30.9 Å². The summed E-state index contributed by atoms with van der Waals surface area (Å²) < 4.78 is 10.9. The van der Waals surface area contributed by atoms with Gasteiger partial charge in [-0.25, -0.2) is 0 Å². The molecule has 0 bridgehead atoms. The molecule has 2 aromatic carbocycles. The van der Waals surface area contributed by atoms with Crippen molar-refractivity contribution in [3.63, 3.8) is 0 Å². The van der Waals surface area contributed by atoms with Gasteiger partial charge < -0.3 is 29.3 Å². The lowest BCUT2D eigenvalue weighted by Crippen LogP contribution is -2.46. The van der Waals surface area contributed by atoms with E-state index in [2.05, 4.69) is 22.8 Å². The Hall–Kier alpha value is -2.77. The molecule has 4 rings (SSSR count). The number of benzene rings is 2. The highest BCUT2D eigenvalue weighted by Gasteiger charge is 2.36. The van der Waals surface area contributed by atoms with Crippen molar-refractivity contribution in [3.8, 4) is 11.5 Å². The van der Waals surface area contributed by atoms with Gasteiger partial charge in [0.15, 0.2) is 11.5 Å². The Bertz CT molecular complexity index is 972. The number of anilines is 1. The number of fused-ring (bicyclic) bond motifs is 1. The van der Waals surface area contributed by atoms with Crippen LogP contribution in [0.4, 0.5) is 5.69 Å². The van der Waals surface area contributed by atoms with Gasteiger partial charge in [-0.2, -0.15) is 0 Å². The van der Waals surface area contributed by atoms with Crippen molar-refractivity contribution in [1.29, 1.82) is 0 Å². The molecule has 0 aliphatic carbocycles. The highest BCUT2D eigenvalue weighted by molar-refractivity contribution is 6.00. The van der Waals surface area contributed by atoms with Gasteiger partial charge in [-0.05, 0) is 49.2 Å². The maximum Gasteiger partial charge on any atom is 0.255 e. The number of carbonyl (C=O) groups is 1. The molecule has 2 aliphatic rings. The zero-order valence-corrected chi connectivity index (χ0v) is 19.9. The molecule has 7 nitrogen and oxygen atoms in total. The molecule has 2 heterocycles. The van der Waals surface area contributed by atoms with E-state index < -0.39 is 0 Å². The van der Waals surface area contributed by atoms with Gasteiger partial charge >= 0.3 is 0 Å². The van der Waals surface area contributed by atoms with Gasteiger partial charge in [0.05, 0.1) is 20.3 Å². The third-order valence-electron chi connectivity index (χ3n) is 6.94. The molecule has 0 unspecified atom stereocenters. The fraction of sp³-hybridized carbons (Fsp3) is 0.500. The van der Waals surface area contributed by atoms with E-state index in [1.165, 1.54) is 5.69 Å². The molecular formula is C26H35N3O4. The molecule has 178 valence electrons. The van der Waals surface area contributed by atoms with Crippen LogP contribution in [0.15, 0.2) is 36.4 Å². The van der Waals surface area contributed by atoms with Crippen molar-refractivity contribution in [1.82, 2.24) is 9.80 Å². The molecule has 7 heteroatoms. The van der Waals surface area contributed by atoms with E-state index in [9.17, 15) is 9.90 Å². The third kappa shape index (κ3) is 4.66. The van der Waals surface area contributed by atoms with Gasteiger partial charge in [-0.3, -0.25) is 4.79 Å². The minimum absolute atomic E-state index is 0.0526. The number of rotatable bonds is 9. The molecule has 2 aromatic rings. The van der Waals surface area contributed by atoms with Crippen molar-refractivity contribution in [2.45, 2.75) is 32.4 Å². The summed E-state index contributed by atoms with van der Waals surface area (Å²) in [7, 11) is 3.23. The first-order valence-corrected chi connectivity index (χ1v) is 11.8. The lowest BCUT2D eigenvalue weighted by Gasteiger charge is -2.36. The first kappa shape index (κ1) is 23.4. The lowest BCUT2D eigenvalue weighted by molar-refractivity contribution is 0.0682. The molecule has 2 aliphatic heterocycles. The summed E-state index contributed by atoms with van der Waals surface area (Å²) in [6.45, 7) is 7.97. The smallest absolute Gasteiger partial charge is 0.255 e. The van der Waals surface area contributed by atoms with E-state index >= 15 is 0 Å². The Labute approximate surface area is 196 Å². The summed E-state index contributed by atoms with van der Waals surface area (Å²) in [5.41, 5.74) is 4.06. The molecular weight excluding hydrogens is 418 g/mol. The average Bonchev–Trinajstić information content (AvgIpc) is 3.20. The number of aliphatic hydroxyl groups excluding tert-OH is 1. The van der Waals surface area contributed by atoms with Gasteiger partial charge in [-0.15, -0.1) is 0 Å². The van der Waals surface area contributed by atoms with Crippen molar-refractivity contribution >= 4 is 11.6 Å². The Kier molecular flexibility index (Phi) is 7.40. The van der Waals surface area contributed by atoms with Crippen molar-refractivity contribution < 1.29 is 19.4 Å². The van der Waals surface area contributed by atoms with Gasteiger partial charge in [-0.1, -0.05) is 19.1 Å². The lowest BCUT2D eigenvalue weighted by atomic mass is 9.99. The van der Waals surface area contributed by atoms with E-state index in [4.69, 9.17) is 9.47 Å². The number of piperazine rings is 1. The molecule has 0 radical (unpaired) electrons. The fourth-order valence-electron chi connectivity index (χ4n) is 5.04. The van der Waals surface area contributed by atoms with Crippen LogP contribution in [-0.2, 0) is 6.54 Å². The summed E-state index contributed by atoms with van der Waals surface area (Å²) in [5, 5.41) is 9.52. The van der Waals surface area contributed by atoms with Gasteiger partial charge in [0.25, 0.3) is 5.91 Å². The quantitative estimate of drug-likeness (QED) is 0.629. The van der Waals surface area contributed by atoms with E-state index in [1.54, 1.807) is 14.2 Å². The number of ether oxygens (including phenoxy) is 2. The van der Waals surface area contributed by atoms with Gasteiger partial charge in [0.2, 0.25) is 0 Å². The Balaban J connectivity index is 1.63. The van der Waals surface area contributed by atoms with Crippen LogP contribution in [0.3, 0.4) is 0 Å². The molecule has 33 heavy (non-hydrogen) atoms. The average molecular weight is 454 g/mol. The summed E-state index contributed by atoms with van der Waals surface area (Å²) in [4.78, 5) is 20.4. The molecule has 1 atom stereocenters. The number of hydrogen-bond donors (Lipinski definition) is 1. The van der Waals surface area contributed by atoms with Crippen LogP contribution < -0.4 is 14.4 Å². The summed E-state index contributed by atoms with van der Waals surface area (Å²) >= 11 is 0. The standard InChI is InChI=1S/C26H35N3O4/c1-4-27-12-14-28(15-13-27)23-8-5-7-20-21(23)18-29(26(20)31)22(9-6-16-30)19-10-11-24(32-2)25(17-19)33-3/h5,7-8,10-11,17,22,30H,4,6,9,12-16,18H2,1-3H3/t22-/m1/s1. The predicted octanol–water partition coefficient (Wildman–Crippen LogP) is 3.32. The van der Waals surface area contributed by atoms with Crippen molar-refractivity contribution in [2.75, 3.05) is 58.5 Å². The number of amides is 1. The van der Waals surface area contributed by atoms with Crippen LogP contribution in [-0.4, -0.2) is 74.4 Å². The maximum absolute atomic E-state index is 13.6. The second-order valence-electron chi connectivity index (χ2n) is 8.65. The monoisotopic (exact) mass is 453 g/mol. The Morgan fingerprint density at radius 2 is 1.79 bits per heavy atom. The molecule has 0 saturated carbocycles.